The average molecular weight is 357 g/mol. The van der Waals surface area contributed by atoms with Crippen molar-refractivity contribution in [1.29, 1.82) is 0 Å². The molecule has 0 aromatic carbocycles. The summed E-state index contributed by atoms with van der Waals surface area (Å²) in [6.07, 6.45) is 1.57. The van der Waals surface area contributed by atoms with E-state index in [4.69, 9.17) is 13.7 Å². The molecule has 0 spiro atoms. The molecular formula is C19H23N3O4. The molecule has 3 rings (SSSR count). The molecule has 0 N–H and O–H groups in total. The Morgan fingerprint density at radius 1 is 1.38 bits per heavy atom. The van der Waals surface area contributed by atoms with E-state index in [9.17, 15) is 4.79 Å². The molecule has 7 heteroatoms. The third-order valence-electron chi connectivity index (χ3n) is 4.06. The lowest BCUT2D eigenvalue weighted by Gasteiger charge is -2.24. The first-order valence-corrected chi connectivity index (χ1v) is 8.60. The van der Waals surface area contributed by atoms with Crippen LogP contribution in [0.4, 0.5) is 0 Å². The zero-order valence-corrected chi connectivity index (χ0v) is 15.5. The molecule has 7 nitrogen and oxygen atoms in total. The lowest BCUT2D eigenvalue weighted by molar-refractivity contribution is 0.0674. The van der Waals surface area contributed by atoms with Gasteiger partial charge in [-0.15, -0.1) is 0 Å². The Balaban J connectivity index is 2.08. The van der Waals surface area contributed by atoms with Crippen LogP contribution in [0.3, 0.4) is 0 Å². The number of furan rings is 1. The molecule has 3 heterocycles. The molecule has 0 fully saturated rings. The van der Waals surface area contributed by atoms with Crippen LogP contribution in [0.25, 0.3) is 22.6 Å². The number of amides is 1. The van der Waals surface area contributed by atoms with Crippen LogP contribution in [0.5, 0.6) is 0 Å². The van der Waals surface area contributed by atoms with Gasteiger partial charge in [-0.25, -0.2) is 4.98 Å². The highest BCUT2D eigenvalue weighted by Gasteiger charge is 2.24. The van der Waals surface area contributed by atoms with Gasteiger partial charge in [0, 0.05) is 20.2 Å². The van der Waals surface area contributed by atoms with E-state index in [1.807, 2.05) is 0 Å². The molecule has 138 valence electrons. The minimum absolute atomic E-state index is 0.0951. The second-order valence-electron chi connectivity index (χ2n) is 6.62. The highest BCUT2D eigenvalue weighted by atomic mass is 16.5. The molecule has 0 aliphatic heterocycles. The molecular weight excluding hydrogens is 334 g/mol. The molecule has 1 amide bonds. The molecule has 0 radical (unpaired) electrons. The summed E-state index contributed by atoms with van der Waals surface area (Å²) in [5.41, 5.74) is 2.02. The van der Waals surface area contributed by atoms with Crippen LogP contribution in [0.15, 0.2) is 33.4 Å². The third-order valence-corrected chi connectivity index (χ3v) is 4.06. The molecule has 26 heavy (non-hydrogen) atoms. The second-order valence-corrected chi connectivity index (χ2v) is 6.62. The van der Waals surface area contributed by atoms with Gasteiger partial charge in [-0.2, -0.15) is 0 Å². The predicted molar refractivity (Wildman–Crippen MR) is 96.9 cm³/mol. The highest BCUT2D eigenvalue weighted by Crippen LogP contribution is 2.28. The van der Waals surface area contributed by atoms with Crippen molar-refractivity contribution in [3.8, 4) is 11.5 Å². The fourth-order valence-electron chi connectivity index (χ4n) is 2.90. The van der Waals surface area contributed by atoms with Crippen LogP contribution in [-0.4, -0.2) is 47.8 Å². The van der Waals surface area contributed by atoms with Gasteiger partial charge in [-0.3, -0.25) is 4.79 Å². The Morgan fingerprint density at radius 3 is 2.85 bits per heavy atom. The first kappa shape index (κ1) is 18.1. The molecule has 0 saturated carbocycles. The first-order chi connectivity index (χ1) is 12.5. The lowest BCUT2D eigenvalue weighted by Crippen LogP contribution is -2.37. The van der Waals surface area contributed by atoms with E-state index in [-0.39, 0.29) is 5.91 Å². The van der Waals surface area contributed by atoms with E-state index >= 15 is 0 Å². The van der Waals surface area contributed by atoms with Gasteiger partial charge in [0.1, 0.15) is 5.69 Å². The summed E-state index contributed by atoms with van der Waals surface area (Å²) >= 11 is 0. The number of hydrogen-bond donors (Lipinski definition) is 0. The molecule has 3 aromatic rings. The van der Waals surface area contributed by atoms with E-state index in [2.05, 4.69) is 24.0 Å². The minimum Gasteiger partial charge on any atom is -0.463 e. The summed E-state index contributed by atoms with van der Waals surface area (Å²) in [6, 6.07) is 5.31. The van der Waals surface area contributed by atoms with Crippen molar-refractivity contribution in [3.63, 3.8) is 0 Å². The van der Waals surface area contributed by atoms with E-state index in [1.54, 1.807) is 43.4 Å². The maximum atomic E-state index is 13.3. The quantitative estimate of drug-likeness (QED) is 0.643. The molecule has 0 saturated heterocycles. The Bertz CT molecular complexity index is 884. The normalized spacial score (nSPS) is 11.4. The van der Waals surface area contributed by atoms with Gasteiger partial charge in [0.15, 0.2) is 5.76 Å². The zero-order chi connectivity index (χ0) is 18.7. The van der Waals surface area contributed by atoms with Gasteiger partial charge in [0.05, 0.1) is 29.5 Å². The number of nitrogens with zero attached hydrogens (tertiary/aromatic N) is 3. The Labute approximate surface area is 151 Å². The Hall–Kier alpha value is -2.67. The van der Waals surface area contributed by atoms with Gasteiger partial charge < -0.3 is 18.6 Å². The summed E-state index contributed by atoms with van der Waals surface area (Å²) in [7, 11) is 1.63. The minimum atomic E-state index is -0.0951. The SMILES string of the molecule is COCCN(CC(C)C)C(=O)c1cc(-c2ccco2)nc2onc(C)c12. The van der Waals surface area contributed by atoms with Crippen LogP contribution in [0, 0.1) is 12.8 Å². The monoisotopic (exact) mass is 357 g/mol. The number of pyridine rings is 1. The molecule has 3 aromatic heterocycles. The van der Waals surface area contributed by atoms with Gasteiger partial charge in [0.2, 0.25) is 0 Å². The van der Waals surface area contributed by atoms with Crippen molar-refractivity contribution in [2.24, 2.45) is 5.92 Å². The van der Waals surface area contributed by atoms with E-state index in [0.29, 0.717) is 59.4 Å². The van der Waals surface area contributed by atoms with E-state index in [0.717, 1.165) is 0 Å². The number of carbonyl (C=O) groups is 1. The van der Waals surface area contributed by atoms with E-state index in [1.165, 1.54) is 0 Å². The van der Waals surface area contributed by atoms with Crippen molar-refractivity contribution in [3.05, 3.63) is 35.7 Å². The number of aryl methyl sites for hydroxylation is 1. The summed E-state index contributed by atoms with van der Waals surface area (Å²) < 4.78 is 15.9. The lowest BCUT2D eigenvalue weighted by atomic mass is 10.1. The second kappa shape index (κ2) is 7.70. The van der Waals surface area contributed by atoms with Crippen molar-refractivity contribution in [2.75, 3.05) is 26.8 Å². The molecule has 0 unspecified atom stereocenters. The van der Waals surface area contributed by atoms with Gasteiger partial charge in [-0.1, -0.05) is 19.0 Å². The van der Waals surface area contributed by atoms with Crippen LogP contribution in [-0.2, 0) is 4.74 Å². The number of ether oxygens (including phenoxy) is 1. The van der Waals surface area contributed by atoms with Crippen molar-refractivity contribution in [1.82, 2.24) is 15.0 Å². The number of methoxy groups -OCH3 is 1. The molecule has 0 aliphatic rings. The maximum Gasteiger partial charge on any atom is 0.259 e. The smallest absolute Gasteiger partial charge is 0.259 e. The van der Waals surface area contributed by atoms with Crippen LogP contribution < -0.4 is 0 Å². The van der Waals surface area contributed by atoms with Gasteiger partial charge >= 0.3 is 0 Å². The summed E-state index contributed by atoms with van der Waals surface area (Å²) in [5.74, 6) is 0.811. The summed E-state index contributed by atoms with van der Waals surface area (Å²) in [4.78, 5) is 19.6. The maximum absolute atomic E-state index is 13.3. The average Bonchev–Trinajstić information content (AvgIpc) is 3.27. The fraction of sp³-hybridized carbons (Fsp3) is 0.421. The van der Waals surface area contributed by atoms with E-state index < -0.39 is 0 Å². The molecule has 0 bridgehead atoms. The van der Waals surface area contributed by atoms with Crippen molar-refractivity contribution >= 4 is 17.0 Å². The predicted octanol–water partition coefficient (Wildman–Crippen LogP) is 3.54. The highest BCUT2D eigenvalue weighted by molar-refractivity contribution is 6.06. The summed E-state index contributed by atoms with van der Waals surface area (Å²) in [6.45, 7) is 7.58. The van der Waals surface area contributed by atoms with Crippen molar-refractivity contribution < 1.29 is 18.5 Å². The first-order valence-electron chi connectivity index (χ1n) is 8.60. The molecule has 0 aliphatic carbocycles. The number of carbonyl (C=O) groups excluding carboxylic acids is 1. The number of aromatic nitrogens is 2. The topological polar surface area (TPSA) is 81.6 Å². The standard InChI is InChI=1S/C19H23N3O4/c1-12(2)11-22(7-9-24-4)19(23)14-10-15(16-6-5-8-25-16)20-18-17(14)13(3)21-26-18/h5-6,8,10,12H,7,9,11H2,1-4H3. The van der Waals surface area contributed by atoms with Crippen LogP contribution in [0.1, 0.15) is 29.9 Å². The van der Waals surface area contributed by atoms with Crippen LogP contribution in [0.2, 0.25) is 0 Å². The largest absolute Gasteiger partial charge is 0.463 e. The number of hydrogen-bond acceptors (Lipinski definition) is 6. The molecule has 0 atom stereocenters. The van der Waals surface area contributed by atoms with Gasteiger partial charge in [0.25, 0.3) is 11.6 Å². The van der Waals surface area contributed by atoms with Gasteiger partial charge in [-0.05, 0) is 31.0 Å². The zero-order valence-electron chi connectivity index (χ0n) is 15.5. The van der Waals surface area contributed by atoms with Crippen molar-refractivity contribution in [2.45, 2.75) is 20.8 Å². The Morgan fingerprint density at radius 2 is 2.19 bits per heavy atom. The fourth-order valence-corrected chi connectivity index (χ4v) is 2.90. The Kier molecular flexibility index (Phi) is 5.37. The summed E-state index contributed by atoms with van der Waals surface area (Å²) in [5, 5.41) is 4.62. The number of fused-ring (bicyclic) bond motifs is 1. The van der Waals surface area contributed by atoms with Crippen LogP contribution >= 0.6 is 0 Å². The third kappa shape index (κ3) is 3.62. The number of rotatable bonds is 7.